The second-order valence-electron chi connectivity index (χ2n) is 4.67. The molecule has 1 heterocycles. The number of nitrogen functional groups attached to an aromatic ring is 1. The third-order valence-electron chi connectivity index (χ3n) is 3.30. The van der Waals surface area contributed by atoms with Gasteiger partial charge in [0.2, 0.25) is 0 Å². The van der Waals surface area contributed by atoms with E-state index >= 15 is 0 Å². The Hall–Kier alpha value is -1.07. The molecule has 3 N–H and O–H groups in total. The molecule has 98 valence electrons. The zero-order chi connectivity index (χ0) is 13.1. The van der Waals surface area contributed by atoms with Gasteiger partial charge in [-0.2, -0.15) is 0 Å². The number of carboxylic acids is 1. The van der Waals surface area contributed by atoms with Crippen molar-refractivity contribution in [1.29, 1.82) is 0 Å². The summed E-state index contributed by atoms with van der Waals surface area (Å²) in [5.41, 5.74) is 7.82. The number of halogens is 1. The molecular formula is C13H17BrN2O2. The van der Waals surface area contributed by atoms with Gasteiger partial charge in [0.05, 0.1) is 11.3 Å². The van der Waals surface area contributed by atoms with Crippen LogP contribution in [0.3, 0.4) is 0 Å². The molecule has 1 aliphatic heterocycles. The third kappa shape index (κ3) is 3.03. The highest BCUT2D eigenvalue weighted by Crippen LogP contribution is 2.27. The van der Waals surface area contributed by atoms with Crippen LogP contribution >= 0.6 is 15.9 Å². The molecule has 0 amide bonds. The van der Waals surface area contributed by atoms with Gasteiger partial charge in [0.15, 0.2) is 0 Å². The highest BCUT2D eigenvalue weighted by molar-refractivity contribution is 9.10. The van der Waals surface area contributed by atoms with Crippen molar-refractivity contribution in [3.8, 4) is 0 Å². The van der Waals surface area contributed by atoms with E-state index in [2.05, 4.69) is 20.8 Å². The molecule has 0 unspecified atom stereocenters. The van der Waals surface area contributed by atoms with Gasteiger partial charge in [0.1, 0.15) is 0 Å². The minimum absolute atomic E-state index is 0.281. The van der Waals surface area contributed by atoms with Crippen LogP contribution in [0.4, 0.5) is 5.69 Å². The molecular weight excluding hydrogens is 296 g/mol. The molecule has 0 aromatic heterocycles. The molecule has 0 saturated carbocycles. The van der Waals surface area contributed by atoms with Crippen LogP contribution in [0.2, 0.25) is 0 Å². The maximum absolute atomic E-state index is 11.0. The number of nitrogens with two attached hydrogens (primary N) is 1. The summed E-state index contributed by atoms with van der Waals surface area (Å²) in [4.78, 5) is 13.4. The van der Waals surface area contributed by atoms with Crippen LogP contribution in [0.1, 0.15) is 35.2 Å². The van der Waals surface area contributed by atoms with E-state index in [9.17, 15) is 4.79 Å². The summed E-state index contributed by atoms with van der Waals surface area (Å²) < 4.78 is 0.661. The van der Waals surface area contributed by atoms with E-state index in [4.69, 9.17) is 10.8 Å². The Morgan fingerprint density at radius 1 is 1.33 bits per heavy atom. The number of rotatable bonds is 3. The van der Waals surface area contributed by atoms with Gasteiger partial charge in [-0.3, -0.25) is 4.90 Å². The Bertz CT molecular complexity index is 457. The first-order valence-electron chi connectivity index (χ1n) is 6.11. The van der Waals surface area contributed by atoms with Crippen LogP contribution in [-0.2, 0) is 6.54 Å². The van der Waals surface area contributed by atoms with E-state index in [0.717, 1.165) is 25.2 Å². The van der Waals surface area contributed by atoms with Gasteiger partial charge in [0.25, 0.3) is 0 Å². The summed E-state index contributed by atoms with van der Waals surface area (Å²) in [5.74, 6) is -0.921. The maximum Gasteiger partial charge on any atom is 0.335 e. The Balaban J connectivity index is 2.22. The van der Waals surface area contributed by atoms with Crippen molar-refractivity contribution in [2.75, 3.05) is 18.8 Å². The molecule has 0 spiro atoms. The molecule has 1 aromatic carbocycles. The number of hydrogen-bond donors (Lipinski definition) is 2. The molecule has 0 bridgehead atoms. The second kappa shape index (κ2) is 5.71. The van der Waals surface area contributed by atoms with Crippen LogP contribution < -0.4 is 5.73 Å². The lowest BCUT2D eigenvalue weighted by Gasteiger charge is -2.27. The third-order valence-corrected chi connectivity index (χ3v) is 3.96. The summed E-state index contributed by atoms with van der Waals surface area (Å²) in [6.45, 7) is 2.86. The first-order valence-corrected chi connectivity index (χ1v) is 6.91. The molecule has 1 aromatic rings. The average Bonchev–Trinajstić information content (AvgIpc) is 2.35. The van der Waals surface area contributed by atoms with Crippen LogP contribution in [0.5, 0.6) is 0 Å². The molecule has 2 rings (SSSR count). The quantitative estimate of drug-likeness (QED) is 0.842. The molecule has 1 aliphatic rings. The smallest absolute Gasteiger partial charge is 0.335 e. The Morgan fingerprint density at radius 3 is 2.61 bits per heavy atom. The summed E-state index contributed by atoms with van der Waals surface area (Å²) >= 11 is 3.32. The number of carbonyl (C=O) groups is 1. The zero-order valence-corrected chi connectivity index (χ0v) is 11.7. The van der Waals surface area contributed by atoms with Crippen molar-refractivity contribution < 1.29 is 9.90 Å². The average molecular weight is 313 g/mol. The number of nitrogens with zero attached hydrogens (tertiary/aromatic N) is 1. The van der Waals surface area contributed by atoms with Crippen molar-refractivity contribution in [2.45, 2.75) is 25.8 Å². The highest BCUT2D eigenvalue weighted by atomic mass is 79.9. The first-order chi connectivity index (χ1) is 8.58. The van der Waals surface area contributed by atoms with Gasteiger partial charge in [-0.1, -0.05) is 6.42 Å². The molecule has 0 aliphatic carbocycles. The topological polar surface area (TPSA) is 66.6 Å². The monoisotopic (exact) mass is 312 g/mol. The predicted molar refractivity (Wildman–Crippen MR) is 74.6 cm³/mol. The van der Waals surface area contributed by atoms with Gasteiger partial charge in [-0.25, -0.2) is 4.79 Å². The van der Waals surface area contributed by atoms with Gasteiger partial charge in [0, 0.05) is 11.0 Å². The van der Waals surface area contributed by atoms with Crippen LogP contribution in [0.25, 0.3) is 0 Å². The predicted octanol–water partition coefficient (Wildman–Crippen LogP) is 2.72. The molecule has 5 heteroatoms. The van der Waals surface area contributed by atoms with Crippen LogP contribution in [0.15, 0.2) is 16.6 Å². The summed E-state index contributed by atoms with van der Waals surface area (Å²) in [5, 5.41) is 9.06. The number of hydrogen-bond acceptors (Lipinski definition) is 3. The number of aromatic carboxylic acids is 1. The Morgan fingerprint density at radius 2 is 2.00 bits per heavy atom. The van der Waals surface area contributed by atoms with Gasteiger partial charge < -0.3 is 10.8 Å². The molecule has 1 fully saturated rings. The summed E-state index contributed by atoms with van der Waals surface area (Å²) in [6.07, 6.45) is 3.70. The van der Waals surface area contributed by atoms with E-state index in [0.29, 0.717) is 10.2 Å². The Labute approximate surface area is 115 Å². The fourth-order valence-electron chi connectivity index (χ4n) is 2.29. The second-order valence-corrected chi connectivity index (χ2v) is 5.53. The molecule has 1 saturated heterocycles. The van der Waals surface area contributed by atoms with E-state index in [1.807, 2.05) is 0 Å². The van der Waals surface area contributed by atoms with Crippen molar-refractivity contribution in [2.24, 2.45) is 0 Å². The fourth-order valence-corrected chi connectivity index (χ4v) is 2.79. The Kier molecular flexibility index (Phi) is 4.24. The number of anilines is 1. The van der Waals surface area contributed by atoms with E-state index in [1.165, 1.54) is 19.3 Å². The largest absolute Gasteiger partial charge is 0.478 e. The maximum atomic E-state index is 11.0. The lowest BCUT2D eigenvalue weighted by Crippen LogP contribution is -2.29. The van der Waals surface area contributed by atoms with Crippen LogP contribution in [0, 0.1) is 0 Å². The molecule has 18 heavy (non-hydrogen) atoms. The standard InChI is InChI=1S/C13H17BrN2O2/c14-11-7-9(13(17)18)6-10(12(11)15)8-16-4-2-1-3-5-16/h6-7H,1-5,8,15H2,(H,17,18). The van der Waals surface area contributed by atoms with Gasteiger partial charge in [-0.15, -0.1) is 0 Å². The van der Waals surface area contributed by atoms with Crippen molar-refractivity contribution in [1.82, 2.24) is 4.90 Å². The summed E-state index contributed by atoms with van der Waals surface area (Å²) in [7, 11) is 0. The zero-order valence-electron chi connectivity index (χ0n) is 10.2. The lowest BCUT2D eigenvalue weighted by atomic mass is 10.1. The van der Waals surface area contributed by atoms with Crippen molar-refractivity contribution >= 4 is 27.6 Å². The molecule has 4 nitrogen and oxygen atoms in total. The summed E-state index contributed by atoms with van der Waals surface area (Å²) in [6, 6.07) is 3.23. The number of piperidine rings is 1. The van der Waals surface area contributed by atoms with E-state index in [-0.39, 0.29) is 5.56 Å². The highest BCUT2D eigenvalue weighted by Gasteiger charge is 2.15. The number of benzene rings is 1. The van der Waals surface area contributed by atoms with Gasteiger partial charge in [-0.05, 0) is 59.6 Å². The number of carboxylic acid groups (broad SMARTS) is 1. The van der Waals surface area contributed by atoms with E-state index in [1.54, 1.807) is 12.1 Å². The van der Waals surface area contributed by atoms with Crippen molar-refractivity contribution in [3.05, 3.63) is 27.7 Å². The fraction of sp³-hybridized carbons (Fsp3) is 0.462. The van der Waals surface area contributed by atoms with Crippen LogP contribution in [-0.4, -0.2) is 29.1 Å². The van der Waals surface area contributed by atoms with Gasteiger partial charge >= 0.3 is 5.97 Å². The van der Waals surface area contributed by atoms with E-state index < -0.39 is 5.97 Å². The first kappa shape index (κ1) is 13.4. The normalized spacial score (nSPS) is 16.7. The number of likely N-dealkylation sites (tertiary alicyclic amines) is 1. The van der Waals surface area contributed by atoms with Crippen molar-refractivity contribution in [3.63, 3.8) is 0 Å². The SMILES string of the molecule is Nc1c(Br)cc(C(=O)O)cc1CN1CCCCC1. The minimum atomic E-state index is -0.921. The minimum Gasteiger partial charge on any atom is -0.478 e. The molecule has 0 radical (unpaired) electrons. The lowest BCUT2D eigenvalue weighted by molar-refractivity contribution is 0.0696. The molecule has 0 atom stereocenters.